The maximum Gasteiger partial charge on any atom is 0.216 e. The summed E-state index contributed by atoms with van der Waals surface area (Å²) in [5, 5.41) is 0.178. The number of halogens is 1. The number of hydrogen-bond acceptors (Lipinski definition) is 3. The summed E-state index contributed by atoms with van der Waals surface area (Å²) in [6, 6.07) is 1.88. The topological polar surface area (TPSA) is 35.0 Å². The molecule has 1 unspecified atom stereocenters. The molecule has 0 amide bonds. The number of ether oxygens (including phenoxy) is 1. The Morgan fingerprint density at radius 3 is 2.72 bits per heavy atom. The standard InChI is InChI=1S/C14H21ClN2O/c1-10-3-5-11(6-4-10)13(15)7-12-8-14(18-2)17-9-16-12/h8-11,13H,3-7H2,1-2H3. The Labute approximate surface area is 114 Å². The largest absolute Gasteiger partial charge is 0.481 e. The van der Waals surface area contributed by atoms with Crippen molar-refractivity contribution in [3.8, 4) is 5.88 Å². The predicted molar refractivity (Wildman–Crippen MR) is 73.1 cm³/mol. The molecule has 3 nitrogen and oxygen atoms in total. The first-order chi connectivity index (χ1) is 8.69. The van der Waals surface area contributed by atoms with Gasteiger partial charge in [0.1, 0.15) is 6.33 Å². The molecule has 0 aliphatic heterocycles. The van der Waals surface area contributed by atoms with Crippen molar-refractivity contribution < 1.29 is 4.74 Å². The Morgan fingerprint density at radius 1 is 1.33 bits per heavy atom. The summed E-state index contributed by atoms with van der Waals surface area (Å²) in [4.78, 5) is 8.27. The highest BCUT2D eigenvalue weighted by atomic mass is 35.5. The highest BCUT2D eigenvalue weighted by molar-refractivity contribution is 6.20. The van der Waals surface area contributed by atoms with Crippen LogP contribution in [0.2, 0.25) is 0 Å². The van der Waals surface area contributed by atoms with Crippen molar-refractivity contribution in [1.82, 2.24) is 9.97 Å². The van der Waals surface area contributed by atoms with Crippen LogP contribution in [0.1, 0.15) is 38.3 Å². The first-order valence-electron chi connectivity index (χ1n) is 6.68. The smallest absolute Gasteiger partial charge is 0.216 e. The van der Waals surface area contributed by atoms with Crippen molar-refractivity contribution in [2.45, 2.75) is 44.4 Å². The van der Waals surface area contributed by atoms with Gasteiger partial charge >= 0.3 is 0 Å². The van der Waals surface area contributed by atoms with Crippen LogP contribution >= 0.6 is 11.6 Å². The van der Waals surface area contributed by atoms with Gasteiger partial charge in [0.15, 0.2) is 0 Å². The van der Waals surface area contributed by atoms with E-state index in [2.05, 4.69) is 16.9 Å². The number of aromatic nitrogens is 2. The van der Waals surface area contributed by atoms with Gasteiger partial charge in [0.25, 0.3) is 0 Å². The Bertz CT molecular complexity index is 378. The fraction of sp³-hybridized carbons (Fsp3) is 0.714. The Kier molecular flexibility index (Phi) is 4.81. The molecular weight excluding hydrogens is 248 g/mol. The van der Waals surface area contributed by atoms with Crippen LogP contribution in [0.5, 0.6) is 5.88 Å². The quantitative estimate of drug-likeness (QED) is 0.785. The third kappa shape index (κ3) is 3.58. The van der Waals surface area contributed by atoms with Crippen molar-refractivity contribution in [3.63, 3.8) is 0 Å². The molecular formula is C14H21ClN2O. The number of alkyl halides is 1. The molecule has 1 aliphatic carbocycles. The first kappa shape index (κ1) is 13.6. The van der Waals surface area contributed by atoms with E-state index in [4.69, 9.17) is 16.3 Å². The highest BCUT2D eigenvalue weighted by Crippen LogP contribution is 2.33. The van der Waals surface area contributed by atoms with E-state index < -0.39 is 0 Å². The SMILES string of the molecule is COc1cc(CC(Cl)C2CCC(C)CC2)ncn1. The zero-order valence-electron chi connectivity index (χ0n) is 11.1. The lowest BCUT2D eigenvalue weighted by Gasteiger charge is -2.29. The summed E-state index contributed by atoms with van der Waals surface area (Å²) in [5.74, 6) is 2.11. The van der Waals surface area contributed by atoms with Gasteiger partial charge in [-0.05, 0) is 24.7 Å². The Balaban J connectivity index is 1.91. The van der Waals surface area contributed by atoms with Crippen LogP contribution in [0.3, 0.4) is 0 Å². The van der Waals surface area contributed by atoms with E-state index >= 15 is 0 Å². The van der Waals surface area contributed by atoms with Crippen LogP contribution in [-0.4, -0.2) is 22.5 Å². The van der Waals surface area contributed by atoms with Crippen LogP contribution in [0.4, 0.5) is 0 Å². The van der Waals surface area contributed by atoms with Crippen molar-refractivity contribution in [3.05, 3.63) is 18.1 Å². The molecule has 18 heavy (non-hydrogen) atoms. The zero-order chi connectivity index (χ0) is 13.0. The van der Waals surface area contributed by atoms with Crippen LogP contribution in [-0.2, 0) is 6.42 Å². The molecule has 100 valence electrons. The molecule has 0 saturated heterocycles. The van der Waals surface area contributed by atoms with Gasteiger partial charge in [-0.3, -0.25) is 0 Å². The van der Waals surface area contributed by atoms with Gasteiger partial charge in [-0.1, -0.05) is 19.8 Å². The number of nitrogens with zero attached hydrogens (tertiary/aromatic N) is 2. The molecule has 1 atom stereocenters. The van der Waals surface area contributed by atoms with E-state index in [9.17, 15) is 0 Å². The van der Waals surface area contributed by atoms with Gasteiger partial charge in [0.05, 0.1) is 7.11 Å². The third-order valence-electron chi connectivity index (χ3n) is 3.88. The summed E-state index contributed by atoms with van der Waals surface area (Å²) in [6.07, 6.45) is 7.46. The van der Waals surface area contributed by atoms with Gasteiger partial charge in [-0.15, -0.1) is 11.6 Å². The maximum atomic E-state index is 6.54. The van der Waals surface area contributed by atoms with E-state index in [-0.39, 0.29) is 5.38 Å². The molecule has 0 aromatic carbocycles. The molecule has 2 rings (SSSR count). The summed E-state index contributed by atoms with van der Waals surface area (Å²) in [6.45, 7) is 2.33. The number of hydrogen-bond donors (Lipinski definition) is 0. The molecule has 0 radical (unpaired) electrons. The summed E-state index contributed by atoms with van der Waals surface area (Å²) in [5.41, 5.74) is 0.973. The van der Waals surface area contributed by atoms with Crippen LogP contribution < -0.4 is 4.74 Å². The molecule has 1 saturated carbocycles. The van der Waals surface area contributed by atoms with Crippen molar-refractivity contribution in [1.29, 1.82) is 0 Å². The second-order valence-electron chi connectivity index (χ2n) is 5.29. The minimum atomic E-state index is 0.178. The van der Waals surface area contributed by atoms with Gasteiger partial charge in [0.2, 0.25) is 5.88 Å². The molecule has 1 heterocycles. The van der Waals surface area contributed by atoms with E-state index in [0.29, 0.717) is 11.8 Å². The minimum Gasteiger partial charge on any atom is -0.481 e. The van der Waals surface area contributed by atoms with E-state index in [1.807, 2.05) is 6.07 Å². The third-order valence-corrected chi connectivity index (χ3v) is 4.39. The lowest BCUT2D eigenvalue weighted by Crippen LogP contribution is -2.23. The van der Waals surface area contributed by atoms with Crippen LogP contribution in [0.15, 0.2) is 12.4 Å². The van der Waals surface area contributed by atoms with Crippen molar-refractivity contribution in [2.75, 3.05) is 7.11 Å². The van der Waals surface area contributed by atoms with Crippen molar-refractivity contribution >= 4 is 11.6 Å². The van der Waals surface area contributed by atoms with Crippen LogP contribution in [0, 0.1) is 11.8 Å². The average Bonchev–Trinajstić information content (AvgIpc) is 2.39. The first-order valence-corrected chi connectivity index (χ1v) is 7.11. The van der Waals surface area contributed by atoms with Gasteiger partial charge in [-0.25, -0.2) is 9.97 Å². The van der Waals surface area contributed by atoms with E-state index in [0.717, 1.165) is 18.0 Å². The Hall–Kier alpha value is -0.830. The lowest BCUT2D eigenvalue weighted by atomic mass is 9.80. The van der Waals surface area contributed by atoms with E-state index in [1.165, 1.54) is 25.7 Å². The molecule has 1 aliphatic rings. The van der Waals surface area contributed by atoms with Gasteiger partial charge in [0, 0.05) is 23.6 Å². The molecule has 1 fully saturated rings. The predicted octanol–water partition coefficient (Wildman–Crippen LogP) is 3.46. The molecule has 0 spiro atoms. The summed E-state index contributed by atoms with van der Waals surface area (Å²) < 4.78 is 5.10. The molecule has 0 N–H and O–H groups in total. The maximum absolute atomic E-state index is 6.54. The molecule has 1 aromatic heterocycles. The Morgan fingerprint density at radius 2 is 2.06 bits per heavy atom. The van der Waals surface area contributed by atoms with Gasteiger partial charge in [-0.2, -0.15) is 0 Å². The second-order valence-corrected chi connectivity index (χ2v) is 5.85. The fourth-order valence-corrected chi connectivity index (χ4v) is 3.02. The number of rotatable bonds is 4. The second kappa shape index (κ2) is 6.37. The van der Waals surface area contributed by atoms with Gasteiger partial charge < -0.3 is 4.74 Å². The average molecular weight is 269 g/mol. The van der Waals surface area contributed by atoms with Crippen LogP contribution in [0.25, 0.3) is 0 Å². The van der Waals surface area contributed by atoms with Crippen molar-refractivity contribution in [2.24, 2.45) is 11.8 Å². The summed E-state index contributed by atoms with van der Waals surface area (Å²) in [7, 11) is 1.62. The zero-order valence-corrected chi connectivity index (χ0v) is 11.9. The fourth-order valence-electron chi connectivity index (χ4n) is 2.61. The molecule has 4 heteroatoms. The van der Waals surface area contributed by atoms with E-state index in [1.54, 1.807) is 13.4 Å². The molecule has 1 aromatic rings. The normalized spacial score (nSPS) is 25.7. The minimum absolute atomic E-state index is 0.178. The highest BCUT2D eigenvalue weighted by Gasteiger charge is 2.25. The molecule has 0 bridgehead atoms. The summed E-state index contributed by atoms with van der Waals surface area (Å²) >= 11 is 6.54. The number of methoxy groups -OCH3 is 1. The monoisotopic (exact) mass is 268 g/mol. The lowest BCUT2D eigenvalue weighted by molar-refractivity contribution is 0.280.